The number of carbonyl (C=O) groups is 1. The smallest absolute Gasteiger partial charge is 0.239 e. The molecule has 1 aromatic heterocycles. The first-order valence-corrected chi connectivity index (χ1v) is 9.89. The van der Waals surface area contributed by atoms with Crippen molar-refractivity contribution in [2.45, 2.75) is 64.1 Å². The number of nitrogens with zero attached hydrogens (tertiary/aromatic N) is 2. The van der Waals surface area contributed by atoms with E-state index in [2.05, 4.69) is 52.0 Å². The second kappa shape index (κ2) is 7.20. The summed E-state index contributed by atoms with van der Waals surface area (Å²) >= 11 is 0. The lowest BCUT2D eigenvalue weighted by molar-refractivity contribution is -0.134. The van der Waals surface area contributed by atoms with Crippen LogP contribution in [0.25, 0.3) is 10.9 Å². The molecule has 0 saturated carbocycles. The molecule has 2 aromatic rings. The first kappa shape index (κ1) is 16.6. The number of carbonyl (C=O) groups excluding carboxylic acids is 1. The summed E-state index contributed by atoms with van der Waals surface area (Å²) in [5.74, 6) is 0.344. The Hall–Kier alpha value is -1.81. The van der Waals surface area contributed by atoms with Crippen LogP contribution in [0.3, 0.4) is 0 Å². The Bertz CT molecular complexity index is 745. The predicted molar refractivity (Wildman–Crippen MR) is 102 cm³/mol. The van der Waals surface area contributed by atoms with Crippen molar-refractivity contribution in [2.24, 2.45) is 0 Å². The number of hydrogen-bond donors (Lipinski definition) is 1. The number of nitrogens with one attached hydrogen (secondary N) is 1. The van der Waals surface area contributed by atoms with Crippen molar-refractivity contribution in [3.63, 3.8) is 0 Å². The van der Waals surface area contributed by atoms with Gasteiger partial charge < -0.3 is 14.8 Å². The molecule has 3 heterocycles. The molecule has 0 bridgehead atoms. The summed E-state index contributed by atoms with van der Waals surface area (Å²) in [7, 11) is 0. The highest BCUT2D eigenvalue weighted by Crippen LogP contribution is 2.26. The van der Waals surface area contributed by atoms with Gasteiger partial charge in [0.15, 0.2) is 0 Å². The largest absolute Gasteiger partial charge is 0.345 e. The van der Waals surface area contributed by atoms with Gasteiger partial charge in [0.1, 0.15) is 0 Å². The molecule has 134 valence electrons. The number of fused-ring (bicyclic) bond motifs is 1. The molecule has 2 atom stereocenters. The topological polar surface area (TPSA) is 37.3 Å². The zero-order valence-electron chi connectivity index (χ0n) is 15.2. The first-order chi connectivity index (χ1) is 12.3. The Morgan fingerprint density at radius 3 is 2.92 bits per heavy atom. The zero-order chi connectivity index (χ0) is 17.2. The van der Waals surface area contributed by atoms with Gasteiger partial charge in [-0.25, -0.2) is 0 Å². The number of aryl methyl sites for hydroxylation is 2. The van der Waals surface area contributed by atoms with Crippen LogP contribution in [0, 0.1) is 0 Å². The van der Waals surface area contributed by atoms with E-state index in [1.54, 1.807) is 0 Å². The van der Waals surface area contributed by atoms with Crippen LogP contribution in [-0.2, 0) is 17.8 Å². The van der Waals surface area contributed by atoms with Gasteiger partial charge in [0.2, 0.25) is 5.91 Å². The molecule has 0 spiro atoms. The van der Waals surface area contributed by atoms with E-state index in [1.807, 2.05) is 0 Å². The average molecular weight is 339 g/mol. The van der Waals surface area contributed by atoms with Crippen molar-refractivity contribution >= 4 is 16.8 Å². The van der Waals surface area contributed by atoms with Crippen LogP contribution in [0.1, 0.15) is 44.7 Å². The van der Waals surface area contributed by atoms with E-state index < -0.39 is 0 Å². The van der Waals surface area contributed by atoms with Crippen molar-refractivity contribution in [2.75, 3.05) is 13.1 Å². The van der Waals surface area contributed by atoms with Crippen LogP contribution in [0.5, 0.6) is 0 Å². The van der Waals surface area contributed by atoms with E-state index in [0.29, 0.717) is 11.9 Å². The number of hydrogen-bond acceptors (Lipinski definition) is 2. The predicted octanol–water partition coefficient (Wildman–Crippen LogP) is 3.34. The van der Waals surface area contributed by atoms with Crippen molar-refractivity contribution < 1.29 is 4.79 Å². The van der Waals surface area contributed by atoms with E-state index in [-0.39, 0.29) is 6.04 Å². The van der Waals surface area contributed by atoms with Crippen LogP contribution in [0.15, 0.2) is 30.3 Å². The summed E-state index contributed by atoms with van der Waals surface area (Å²) in [6, 6.07) is 11.4. The lowest BCUT2D eigenvalue weighted by Gasteiger charge is -2.27. The number of rotatable bonds is 5. The van der Waals surface area contributed by atoms with Crippen LogP contribution < -0.4 is 5.32 Å². The fraction of sp³-hybridized carbons (Fsp3) is 0.571. The number of para-hydroxylation sites is 1. The quantitative estimate of drug-likeness (QED) is 0.907. The highest BCUT2D eigenvalue weighted by atomic mass is 16.2. The van der Waals surface area contributed by atoms with Gasteiger partial charge in [0.25, 0.3) is 0 Å². The van der Waals surface area contributed by atoms with E-state index >= 15 is 0 Å². The number of amides is 1. The first-order valence-electron chi connectivity index (χ1n) is 9.89. The molecule has 1 aromatic carbocycles. The fourth-order valence-corrected chi connectivity index (χ4v) is 4.68. The van der Waals surface area contributed by atoms with E-state index in [9.17, 15) is 4.79 Å². The van der Waals surface area contributed by atoms with Gasteiger partial charge in [-0.05, 0) is 69.5 Å². The summed E-state index contributed by atoms with van der Waals surface area (Å²) in [6.45, 7) is 5.15. The summed E-state index contributed by atoms with van der Waals surface area (Å²) in [5, 5.41) is 4.70. The van der Waals surface area contributed by atoms with E-state index in [4.69, 9.17) is 0 Å². The van der Waals surface area contributed by atoms with E-state index in [0.717, 1.165) is 58.2 Å². The third kappa shape index (κ3) is 3.20. The highest BCUT2D eigenvalue weighted by Gasteiger charge is 2.34. The molecule has 2 saturated heterocycles. The molecule has 0 aliphatic carbocycles. The minimum Gasteiger partial charge on any atom is -0.345 e. The Balaban J connectivity index is 1.46. The molecule has 2 aliphatic heterocycles. The van der Waals surface area contributed by atoms with Crippen LogP contribution in [0.2, 0.25) is 0 Å². The maximum atomic E-state index is 12.8. The maximum absolute atomic E-state index is 12.8. The van der Waals surface area contributed by atoms with Gasteiger partial charge in [-0.15, -0.1) is 0 Å². The van der Waals surface area contributed by atoms with E-state index in [1.165, 1.54) is 16.6 Å². The van der Waals surface area contributed by atoms with Crippen molar-refractivity contribution in [3.8, 4) is 0 Å². The summed E-state index contributed by atoms with van der Waals surface area (Å²) in [5.41, 5.74) is 2.73. The van der Waals surface area contributed by atoms with Crippen LogP contribution in [-0.4, -0.2) is 40.5 Å². The number of benzene rings is 1. The fourth-order valence-electron chi connectivity index (χ4n) is 4.68. The van der Waals surface area contributed by atoms with Crippen molar-refractivity contribution in [1.29, 1.82) is 0 Å². The van der Waals surface area contributed by atoms with Crippen LogP contribution >= 0.6 is 0 Å². The molecule has 25 heavy (non-hydrogen) atoms. The molecule has 1 N–H and O–H groups in total. The molecule has 4 rings (SSSR count). The van der Waals surface area contributed by atoms with Gasteiger partial charge in [-0.2, -0.15) is 0 Å². The number of aromatic nitrogens is 1. The lowest BCUT2D eigenvalue weighted by atomic mass is 10.1. The Kier molecular flexibility index (Phi) is 4.80. The molecule has 1 amide bonds. The second-order valence-electron chi connectivity index (χ2n) is 7.45. The Morgan fingerprint density at radius 2 is 2.12 bits per heavy atom. The van der Waals surface area contributed by atoms with Crippen LogP contribution in [0.4, 0.5) is 0 Å². The average Bonchev–Trinajstić information content (AvgIpc) is 3.37. The molecular formula is C21H29N3O. The Morgan fingerprint density at radius 1 is 1.24 bits per heavy atom. The number of likely N-dealkylation sites (tertiary alicyclic amines) is 1. The lowest BCUT2D eigenvalue weighted by Crippen LogP contribution is -2.45. The summed E-state index contributed by atoms with van der Waals surface area (Å²) in [6.07, 6.45) is 6.58. The maximum Gasteiger partial charge on any atom is 0.239 e. The molecule has 2 aliphatic rings. The van der Waals surface area contributed by atoms with Crippen molar-refractivity contribution in [3.05, 3.63) is 36.0 Å². The van der Waals surface area contributed by atoms with Gasteiger partial charge in [-0.3, -0.25) is 4.79 Å². The van der Waals surface area contributed by atoms with Gasteiger partial charge in [0, 0.05) is 30.3 Å². The molecule has 0 radical (unpaired) electrons. The standard InChI is InChI=1S/C21H29N3O/c1-2-23-18(15-16-7-3-4-10-20(16)23)12-11-17-8-6-14-24(17)21(25)19-9-5-13-22-19/h3-4,7,10,15,17,19,22H,2,5-6,8-9,11-14H2,1H3/t17-,19+/m0/s1. The second-order valence-corrected chi connectivity index (χ2v) is 7.45. The highest BCUT2D eigenvalue weighted by molar-refractivity contribution is 5.83. The normalized spacial score (nSPS) is 23.6. The van der Waals surface area contributed by atoms with Crippen molar-refractivity contribution in [1.82, 2.24) is 14.8 Å². The minimum atomic E-state index is 0.0719. The van der Waals surface area contributed by atoms with Gasteiger partial charge >= 0.3 is 0 Å². The SMILES string of the molecule is CCn1c(CC[C@@H]2CCCN2C(=O)[C@H]2CCCN2)cc2ccccc21. The summed E-state index contributed by atoms with van der Waals surface area (Å²) < 4.78 is 2.43. The molecule has 4 heteroatoms. The third-order valence-electron chi connectivity index (χ3n) is 5.96. The molecule has 2 fully saturated rings. The third-order valence-corrected chi connectivity index (χ3v) is 5.96. The molecule has 0 unspecified atom stereocenters. The van der Waals surface area contributed by atoms with Gasteiger partial charge in [-0.1, -0.05) is 18.2 Å². The zero-order valence-corrected chi connectivity index (χ0v) is 15.2. The molecular weight excluding hydrogens is 310 g/mol. The Labute approximate surface area is 150 Å². The summed E-state index contributed by atoms with van der Waals surface area (Å²) in [4.78, 5) is 15.0. The van der Waals surface area contributed by atoms with Gasteiger partial charge in [0.05, 0.1) is 6.04 Å². The molecule has 4 nitrogen and oxygen atoms in total. The minimum absolute atomic E-state index is 0.0719. The monoisotopic (exact) mass is 339 g/mol.